The van der Waals surface area contributed by atoms with Crippen molar-refractivity contribution in [2.75, 3.05) is 19.6 Å². The van der Waals surface area contributed by atoms with Crippen LogP contribution in [0.1, 0.15) is 70.9 Å². The number of phenols is 1. The van der Waals surface area contributed by atoms with Crippen LogP contribution in [-0.4, -0.2) is 47.4 Å². The molecule has 166 valence electrons. The van der Waals surface area contributed by atoms with Crippen LogP contribution >= 0.6 is 0 Å². The van der Waals surface area contributed by atoms with Gasteiger partial charge < -0.3 is 20.1 Å². The molecule has 2 bridgehead atoms. The summed E-state index contributed by atoms with van der Waals surface area (Å²) >= 11 is 0. The Labute approximate surface area is 181 Å². The van der Waals surface area contributed by atoms with E-state index in [4.69, 9.17) is 4.74 Å². The number of phenolic OH excluding ortho intramolecular Hbond substituents is 1. The van der Waals surface area contributed by atoms with Crippen LogP contribution in [-0.2, 0) is 16.6 Å². The fraction of sp³-hybridized carbons (Fsp3) is 0.720. The molecule has 5 heteroatoms. The predicted octanol–water partition coefficient (Wildman–Crippen LogP) is 4.61. The Kier molecular flexibility index (Phi) is 5.78. The average molecular weight is 415 g/mol. The van der Waals surface area contributed by atoms with E-state index in [0.29, 0.717) is 23.6 Å². The number of rotatable bonds is 3. The summed E-state index contributed by atoms with van der Waals surface area (Å²) < 4.78 is 5.52. The van der Waals surface area contributed by atoms with Crippen molar-refractivity contribution in [3.8, 4) is 5.75 Å². The minimum Gasteiger partial charge on any atom is -0.508 e. The number of carbonyl (C=O) groups is 1. The van der Waals surface area contributed by atoms with Crippen LogP contribution < -0.4 is 5.32 Å². The van der Waals surface area contributed by atoms with E-state index in [1.54, 1.807) is 0 Å². The van der Waals surface area contributed by atoms with Gasteiger partial charge >= 0.3 is 6.09 Å². The van der Waals surface area contributed by atoms with Crippen molar-refractivity contribution in [2.24, 2.45) is 11.8 Å². The van der Waals surface area contributed by atoms with Crippen molar-refractivity contribution in [1.82, 2.24) is 10.2 Å². The number of piperidine rings is 1. The molecule has 3 atom stereocenters. The van der Waals surface area contributed by atoms with E-state index in [9.17, 15) is 9.90 Å². The van der Waals surface area contributed by atoms with Crippen molar-refractivity contribution in [3.63, 3.8) is 0 Å². The zero-order valence-corrected chi connectivity index (χ0v) is 19.0. The molecule has 5 nitrogen and oxygen atoms in total. The van der Waals surface area contributed by atoms with Crippen molar-refractivity contribution in [2.45, 2.75) is 83.3 Å². The Morgan fingerprint density at radius 1 is 1.27 bits per heavy atom. The first kappa shape index (κ1) is 21.5. The highest BCUT2D eigenvalue weighted by Crippen LogP contribution is 2.49. The van der Waals surface area contributed by atoms with Gasteiger partial charge in [-0.05, 0) is 94.5 Å². The summed E-state index contributed by atoms with van der Waals surface area (Å²) in [6.45, 7) is 10.7. The lowest BCUT2D eigenvalue weighted by Gasteiger charge is -2.52. The summed E-state index contributed by atoms with van der Waals surface area (Å²) in [5.74, 6) is 1.65. The van der Waals surface area contributed by atoms with Crippen LogP contribution in [0.15, 0.2) is 18.2 Å². The molecule has 2 unspecified atom stereocenters. The molecular weight excluding hydrogens is 376 g/mol. The minimum absolute atomic E-state index is 0.0897. The highest BCUT2D eigenvalue weighted by Gasteiger charge is 2.47. The summed E-state index contributed by atoms with van der Waals surface area (Å²) in [6.07, 6.45) is 6.71. The number of aromatic hydroxyl groups is 1. The number of ether oxygens (including phenoxy) is 1. The SMILES string of the molecule is CC(C)(C)OC(=O)N1CCC(CN[C@H]2C3CCCC2(C)c2cc(O)ccc2C3)CC1. The van der Waals surface area contributed by atoms with E-state index in [2.05, 4.69) is 18.3 Å². The van der Waals surface area contributed by atoms with Gasteiger partial charge in [0.15, 0.2) is 0 Å². The highest BCUT2D eigenvalue weighted by molar-refractivity contribution is 5.68. The van der Waals surface area contributed by atoms with Crippen LogP contribution in [0.25, 0.3) is 0 Å². The van der Waals surface area contributed by atoms with E-state index in [1.165, 1.54) is 30.4 Å². The summed E-state index contributed by atoms with van der Waals surface area (Å²) in [5, 5.41) is 14.1. The van der Waals surface area contributed by atoms with Gasteiger partial charge in [-0.1, -0.05) is 19.4 Å². The number of hydrogen-bond acceptors (Lipinski definition) is 4. The zero-order chi connectivity index (χ0) is 21.5. The van der Waals surface area contributed by atoms with Gasteiger partial charge in [0.05, 0.1) is 0 Å². The molecule has 1 saturated heterocycles. The van der Waals surface area contributed by atoms with Crippen molar-refractivity contribution < 1.29 is 14.6 Å². The summed E-state index contributed by atoms with van der Waals surface area (Å²) in [6, 6.07) is 6.43. The lowest BCUT2D eigenvalue weighted by atomic mass is 9.57. The van der Waals surface area contributed by atoms with Crippen LogP contribution in [0, 0.1) is 11.8 Å². The zero-order valence-electron chi connectivity index (χ0n) is 19.0. The van der Waals surface area contributed by atoms with Crippen molar-refractivity contribution in [3.05, 3.63) is 29.3 Å². The smallest absolute Gasteiger partial charge is 0.410 e. The number of likely N-dealkylation sites (tertiary alicyclic amines) is 1. The molecule has 1 amide bonds. The third-order valence-electron chi connectivity index (χ3n) is 7.51. The fourth-order valence-corrected chi connectivity index (χ4v) is 5.98. The molecule has 1 heterocycles. The Balaban J connectivity index is 1.36. The molecule has 4 rings (SSSR count). The molecule has 2 N–H and O–H groups in total. The molecule has 0 radical (unpaired) electrons. The van der Waals surface area contributed by atoms with Crippen molar-refractivity contribution in [1.29, 1.82) is 0 Å². The number of hydrogen-bond donors (Lipinski definition) is 2. The van der Waals surface area contributed by atoms with Gasteiger partial charge in [0.2, 0.25) is 0 Å². The topological polar surface area (TPSA) is 61.8 Å². The fourth-order valence-electron chi connectivity index (χ4n) is 5.98. The Morgan fingerprint density at radius 3 is 2.70 bits per heavy atom. The molecule has 0 aromatic heterocycles. The minimum atomic E-state index is -0.436. The van der Waals surface area contributed by atoms with E-state index >= 15 is 0 Å². The second-order valence-corrected chi connectivity index (χ2v) is 10.9. The molecule has 1 aromatic carbocycles. The Hall–Kier alpha value is -1.75. The molecule has 2 fully saturated rings. The highest BCUT2D eigenvalue weighted by atomic mass is 16.6. The predicted molar refractivity (Wildman–Crippen MR) is 119 cm³/mol. The molecule has 1 saturated carbocycles. The monoisotopic (exact) mass is 414 g/mol. The lowest BCUT2D eigenvalue weighted by Crippen LogP contribution is -2.58. The first-order valence-corrected chi connectivity index (χ1v) is 11.7. The van der Waals surface area contributed by atoms with Crippen LogP contribution in [0.2, 0.25) is 0 Å². The first-order chi connectivity index (χ1) is 14.2. The average Bonchev–Trinajstić information content (AvgIpc) is 2.67. The van der Waals surface area contributed by atoms with Gasteiger partial charge in [-0.3, -0.25) is 0 Å². The van der Waals surface area contributed by atoms with Crippen LogP contribution in [0.4, 0.5) is 4.79 Å². The number of benzene rings is 1. The van der Waals surface area contributed by atoms with Gasteiger partial charge in [-0.2, -0.15) is 0 Å². The van der Waals surface area contributed by atoms with E-state index in [-0.39, 0.29) is 11.5 Å². The normalized spacial score (nSPS) is 29.4. The Morgan fingerprint density at radius 2 is 2.00 bits per heavy atom. The molecule has 1 aromatic rings. The van der Waals surface area contributed by atoms with Crippen molar-refractivity contribution >= 4 is 6.09 Å². The second-order valence-electron chi connectivity index (χ2n) is 10.9. The largest absolute Gasteiger partial charge is 0.508 e. The van der Waals surface area contributed by atoms with E-state index in [0.717, 1.165) is 38.9 Å². The summed E-state index contributed by atoms with van der Waals surface area (Å²) in [5.41, 5.74) is 2.42. The van der Waals surface area contributed by atoms with Crippen LogP contribution in [0.3, 0.4) is 0 Å². The van der Waals surface area contributed by atoms with E-state index < -0.39 is 5.60 Å². The number of nitrogens with zero attached hydrogens (tertiary/aromatic N) is 1. The number of nitrogens with one attached hydrogen (secondary N) is 1. The number of carbonyl (C=O) groups excluding carboxylic acids is 1. The molecule has 1 aliphatic heterocycles. The molecule has 2 aliphatic carbocycles. The molecule has 3 aliphatic rings. The first-order valence-electron chi connectivity index (χ1n) is 11.7. The van der Waals surface area contributed by atoms with Crippen LogP contribution in [0.5, 0.6) is 5.75 Å². The summed E-state index contributed by atoms with van der Waals surface area (Å²) in [4.78, 5) is 14.2. The maximum atomic E-state index is 12.3. The third kappa shape index (κ3) is 4.32. The molecular formula is C25H38N2O3. The number of amides is 1. The van der Waals surface area contributed by atoms with Gasteiger partial charge in [0.25, 0.3) is 0 Å². The van der Waals surface area contributed by atoms with Gasteiger partial charge in [0.1, 0.15) is 11.4 Å². The third-order valence-corrected chi connectivity index (χ3v) is 7.51. The van der Waals surface area contributed by atoms with E-state index in [1.807, 2.05) is 37.8 Å². The Bertz CT molecular complexity index is 779. The van der Waals surface area contributed by atoms with Gasteiger partial charge in [-0.15, -0.1) is 0 Å². The maximum Gasteiger partial charge on any atom is 0.410 e. The quantitative estimate of drug-likeness (QED) is 0.758. The number of fused-ring (bicyclic) bond motifs is 4. The molecule has 30 heavy (non-hydrogen) atoms. The standard InChI is InChI=1S/C25H38N2O3/c1-24(2,3)30-23(29)27-12-9-17(10-13-27)16-26-22-19-6-5-11-25(22,4)21-15-20(28)8-7-18(21)14-19/h7-8,15,17,19,22,26,28H,5-6,9-14,16H2,1-4H3/t19?,22-,25?/m0/s1. The lowest BCUT2D eigenvalue weighted by molar-refractivity contribution is 0.0179. The van der Waals surface area contributed by atoms with Gasteiger partial charge in [-0.25, -0.2) is 4.79 Å². The molecule has 0 spiro atoms. The maximum absolute atomic E-state index is 12.3. The van der Waals surface area contributed by atoms with Gasteiger partial charge in [0, 0.05) is 24.5 Å². The summed E-state index contributed by atoms with van der Waals surface area (Å²) in [7, 11) is 0. The second kappa shape index (κ2) is 8.07.